The molecule has 3 aromatic carbocycles. The SMILES string of the molecule is CO[C@@]1(c2ccccc2)C=C(c2ccccc2)N(Cc2ccccc2)C1=O. The summed E-state index contributed by atoms with van der Waals surface area (Å²) in [7, 11) is 1.59. The largest absolute Gasteiger partial charge is 0.359 e. The summed E-state index contributed by atoms with van der Waals surface area (Å²) in [6.07, 6.45) is 1.95. The third-order valence-corrected chi connectivity index (χ3v) is 4.97. The first kappa shape index (κ1) is 17.3. The van der Waals surface area contributed by atoms with Gasteiger partial charge in [0.1, 0.15) is 0 Å². The Morgan fingerprint density at radius 1 is 0.815 bits per heavy atom. The summed E-state index contributed by atoms with van der Waals surface area (Å²) in [6, 6.07) is 29.7. The van der Waals surface area contributed by atoms with Crippen molar-refractivity contribution in [2.75, 3.05) is 7.11 Å². The molecule has 0 aliphatic carbocycles. The summed E-state index contributed by atoms with van der Waals surface area (Å²) in [4.78, 5) is 15.4. The standard InChI is InChI=1S/C24H21NO2/c1-27-24(21-15-9-4-10-16-21)17-22(20-13-7-3-8-14-20)25(23(24)26)18-19-11-5-2-6-12-19/h2-17H,18H2,1H3/t24-/m1/s1. The highest BCUT2D eigenvalue weighted by molar-refractivity contribution is 6.01. The monoisotopic (exact) mass is 355 g/mol. The molecule has 0 bridgehead atoms. The molecule has 1 atom stereocenters. The molecule has 0 N–H and O–H groups in total. The fraction of sp³-hybridized carbons (Fsp3) is 0.125. The molecule has 3 nitrogen and oxygen atoms in total. The summed E-state index contributed by atoms with van der Waals surface area (Å²) in [5.74, 6) is -0.0705. The topological polar surface area (TPSA) is 29.5 Å². The highest BCUT2D eigenvalue weighted by atomic mass is 16.5. The van der Waals surface area contributed by atoms with Crippen molar-refractivity contribution in [1.29, 1.82) is 0 Å². The molecule has 0 radical (unpaired) electrons. The van der Waals surface area contributed by atoms with Crippen LogP contribution in [-0.4, -0.2) is 17.9 Å². The number of hydrogen-bond donors (Lipinski definition) is 0. The summed E-state index contributed by atoms with van der Waals surface area (Å²) < 4.78 is 5.85. The summed E-state index contributed by atoms with van der Waals surface area (Å²) in [5, 5.41) is 0. The van der Waals surface area contributed by atoms with Gasteiger partial charge < -0.3 is 9.64 Å². The van der Waals surface area contributed by atoms with E-state index in [2.05, 4.69) is 0 Å². The number of nitrogens with zero attached hydrogens (tertiary/aromatic N) is 1. The maximum atomic E-state index is 13.6. The highest BCUT2D eigenvalue weighted by Crippen LogP contribution is 2.41. The molecule has 0 unspecified atom stereocenters. The molecule has 1 heterocycles. The summed E-state index contributed by atoms with van der Waals surface area (Å²) >= 11 is 0. The van der Waals surface area contributed by atoms with Crippen LogP contribution >= 0.6 is 0 Å². The summed E-state index contributed by atoms with van der Waals surface area (Å²) in [5.41, 5.74) is 2.67. The molecule has 4 rings (SSSR count). The Hall–Kier alpha value is -3.17. The van der Waals surface area contributed by atoms with Crippen LogP contribution in [-0.2, 0) is 21.7 Å². The number of methoxy groups -OCH3 is 1. The Kier molecular flexibility index (Phi) is 4.61. The number of hydrogen-bond acceptors (Lipinski definition) is 2. The van der Waals surface area contributed by atoms with Crippen LogP contribution in [0.4, 0.5) is 0 Å². The van der Waals surface area contributed by atoms with Gasteiger partial charge in [-0.05, 0) is 22.8 Å². The van der Waals surface area contributed by atoms with Crippen molar-refractivity contribution in [3.05, 3.63) is 114 Å². The van der Waals surface area contributed by atoms with E-state index in [-0.39, 0.29) is 5.91 Å². The molecule has 1 aliphatic rings. The molecular weight excluding hydrogens is 334 g/mol. The van der Waals surface area contributed by atoms with Crippen molar-refractivity contribution in [2.45, 2.75) is 12.1 Å². The van der Waals surface area contributed by atoms with Gasteiger partial charge in [-0.1, -0.05) is 91.0 Å². The van der Waals surface area contributed by atoms with Crippen molar-refractivity contribution in [3.63, 3.8) is 0 Å². The first-order valence-electron chi connectivity index (χ1n) is 8.99. The first-order valence-corrected chi connectivity index (χ1v) is 8.99. The smallest absolute Gasteiger partial charge is 0.268 e. The number of carbonyl (C=O) groups is 1. The second kappa shape index (κ2) is 7.22. The van der Waals surface area contributed by atoms with Gasteiger partial charge in [0.15, 0.2) is 5.60 Å². The maximum absolute atomic E-state index is 13.6. The normalized spacial score (nSPS) is 19.2. The number of ether oxygens (including phenoxy) is 1. The zero-order chi connectivity index (χ0) is 18.7. The van der Waals surface area contributed by atoms with Crippen LogP contribution in [0.15, 0.2) is 97.1 Å². The van der Waals surface area contributed by atoms with Crippen LogP contribution in [0.5, 0.6) is 0 Å². The average molecular weight is 355 g/mol. The molecular formula is C24H21NO2. The van der Waals surface area contributed by atoms with E-state index in [1.165, 1.54) is 0 Å². The predicted molar refractivity (Wildman–Crippen MR) is 107 cm³/mol. The van der Waals surface area contributed by atoms with Crippen LogP contribution < -0.4 is 0 Å². The number of carbonyl (C=O) groups excluding carboxylic acids is 1. The van der Waals surface area contributed by atoms with Gasteiger partial charge in [-0.25, -0.2) is 0 Å². The molecule has 0 spiro atoms. The van der Waals surface area contributed by atoms with Gasteiger partial charge in [-0.15, -0.1) is 0 Å². The Labute approximate surface area is 159 Å². The van der Waals surface area contributed by atoms with Crippen molar-refractivity contribution < 1.29 is 9.53 Å². The van der Waals surface area contributed by atoms with E-state index in [0.29, 0.717) is 6.54 Å². The third-order valence-electron chi connectivity index (χ3n) is 4.97. The van der Waals surface area contributed by atoms with Crippen molar-refractivity contribution >= 4 is 11.6 Å². The van der Waals surface area contributed by atoms with E-state index in [1.54, 1.807) is 7.11 Å². The molecule has 0 saturated carbocycles. The quantitative estimate of drug-likeness (QED) is 0.669. The van der Waals surface area contributed by atoms with Gasteiger partial charge in [0.2, 0.25) is 0 Å². The second-order valence-electron chi connectivity index (χ2n) is 6.58. The minimum Gasteiger partial charge on any atom is -0.359 e. The van der Waals surface area contributed by atoms with Crippen molar-refractivity contribution in [3.8, 4) is 0 Å². The van der Waals surface area contributed by atoms with E-state index < -0.39 is 5.60 Å². The van der Waals surface area contributed by atoms with Crippen LogP contribution in [0.25, 0.3) is 5.70 Å². The number of benzene rings is 3. The fourth-order valence-corrected chi connectivity index (χ4v) is 3.57. The molecule has 0 saturated heterocycles. The minimum absolute atomic E-state index is 0.0705. The van der Waals surface area contributed by atoms with Crippen LogP contribution in [0.3, 0.4) is 0 Å². The van der Waals surface area contributed by atoms with E-state index in [0.717, 1.165) is 22.4 Å². The minimum atomic E-state index is -1.11. The molecule has 1 amide bonds. The molecule has 0 aromatic heterocycles. The van der Waals surface area contributed by atoms with E-state index >= 15 is 0 Å². The number of amides is 1. The molecule has 134 valence electrons. The van der Waals surface area contributed by atoms with Gasteiger partial charge >= 0.3 is 0 Å². The lowest BCUT2D eigenvalue weighted by molar-refractivity contribution is -0.144. The Balaban J connectivity index is 1.83. The predicted octanol–water partition coefficient (Wildman–Crippen LogP) is 4.61. The zero-order valence-electron chi connectivity index (χ0n) is 15.2. The molecule has 3 heteroatoms. The number of rotatable bonds is 5. The van der Waals surface area contributed by atoms with E-state index in [9.17, 15) is 4.79 Å². The Morgan fingerprint density at radius 2 is 1.37 bits per heavy atom. The third kappa shape index (κ3) is 3.07. The van der Waals surface area contributed by atoms with Crippen LogP contribution in [0.2, 0.25) is 0 Å². The van der Waals surface area contributed by atoms with Gasteiger partial charge in [0.25, 0.3) is 5.91 Å². The van der Waals surface area contributed by atoms with Crippen molar-refractivity contribution in [2.24, 2.45) is 0 Å². The Morgan fingerprint density at radius 3 is 1.96 bits per heavy atom. The molecule has 0 fully saturated rings. The first-order chi connectivity index (χ1) is 13.2. The lowest BCUT2D eigenvalue weighted by Gasteiger charge is -2.27. The van der Waals surface area contributed by atoms with Gasteiger partial charge in [0.05, 0.1) is 12.2 Å². The van der Waals surface area contributed by atoms with Crippen LogP contribution in [0, 0.1) is 0 Å². The fourth-order valence-electron chi connectivity index (χ4n) is 3.57. The lowest BCUT2D eigenvalue weighted by atomic mass is 9.93. The second-order valence-corrected chi connectivity index (χ2v) is 6.58. The zero-order valence-corrected chi connectivity index (χ0v) is 15.2. The highest BCUT2D eigenvalue weighted by Gasteiger charge is 2.48. The van der Waals surface area contributed by atoms with E-state index in [1.807, 2.05) is 102 Å². The van der Waals surface area contributed by atoms with Gasteiger partial charge in [-0.3, -0.25) is 4.79 Å². The van der Waals surface area contributed by atoms with Gasteiger partial charge in [-0.2, -0.15) is 0 Å². The summed E-state index contributed by atoms with van der Waals surface area (Å²) in [6.45, 7) is 0.498. The van der Waals surface area contributed by atoms with Crippen LogP contribution in [0.1, 0.15) is 16.7 Å². The lowest BCUT2D eigenvalue weighted by Crippen LogP contribution is -2.40. The van der Waals surface area contributed by atoms with E-state index in [4.69, 9.17) is 4.74 Å². The average Bonchev–Trinajstić information content (AvgIpc) is 3.03. The maximum Gasteiger partial charge on any atom is 0.268 e. The molecule has 1 aliphatic heterocycles. The van der Waals surface area contributed by atoms with Gasteiger partial charge in [0, 0.05) is 7.11 Å². The van der Waals surface area contributed by atoms with Crippen molar-refractivity contribution in [1.82, 2.24) is 4.90 Å². The Bertz CT molecular complexity index is 951. The molecule has 27 heavy (non-hydrogen) atoms. The molecule has 3 aromatic rings.